The zero-order valence-electron chi connectivity index (χ0n) is 16.1. The van der Waals surface area contributed by atoms with Crippen LogP contribution in [-0.2, 0) is 22.1 Å². The van der Waals surface area contributed by atoms with Crippen LogP contribution in [0.25, 0.3) is 11.3 Å². The van der Waals surface area contributed by atoms with E-state index in [0.717, 1.165) is 29.7 Å². The molecule has 1 aromatic heterocycles. The maximum atomic E-state index is 13.4. The largest absolute Gasteiger partial charge is 0.465 e. The van der Waals surface area contributed by atoms with Gasteiger partial charge in [-0.15, -0.1) is 0 Å². The summed E-state index contributed by atoms with van der Waals surface area (Å²) in [5.41, 5.74) is 4.65. The first-order valence-corrected chi connectivity index (χ1v) is 10.8. The summed E-state index contributed by atoms with van der Waals surface area (Å²) < 4.78 is 20.0. The number of nitrogens with one attached hydrogen (secondary N) is 1. The van der Waals surface area contributed by atoms with E-state index in [0.29, 0.717) is 15.5 Å². The molecule has 1 aliphatic carbocycles. The Labute approximate surface area is 177 Å². The molecule has 1 aliphatic rings. The van der Waals surface area contributed by atoms with Gasteiger partial charge < -0.3 is 10.1 Å². The smallest absolute Gasteiger partial charge is 0.337 e. The average molecular weight is 429 g/mol. The Hall–Kier alpha value is -2.41. The third-order valence-corrected chi connectivity index (χ3v) is 6.81. The molecular weight excluding hydrogens is 408 g/mol. The Bertz CT molecular complexity index is 1090. The van der Waals surface area contributed by atoms with Gasteiger partial charge in [-0.2, -0.15) is 0 Å². The van der Waals surface area contributed by atoms with E-state index in [1.807, 2.05) is 35.4 Å². The summed E-state index contributed by atoms with van der Waals surface area (Å²) in [6, 6.07) is 14.6. The molecule has 7 heteroatoms. The van der Waals surface area contributed by atoms with Crippen LogP contribution in [0.3, 0.4) is 0 Å². The first-order chi connectivity index (χ1) is 14.0. The van der Waals surface area contributed by atoms with E-state index in [9.17, 15) is 9.00 Å². The predicted octanol–water partition coefficient (Wildman–Crippen LogP) is 4.37. The van der Waals surface area contributed by atoms with Crippen LogP contribution in [0.1, 0.15) is 33.9 Å². The summed E-state index contributed by atoms with van der Waals surface area (Å²) in [6.07, 6.45) is 3.87. The Kier molecular flexibility index (Phi) is 5.58. The highest BCUT2D eigenvalue weighted by Crippen LogP contribution is 2.40. The summed E-state index contributed by atoms with van der Waals surface area (Å²) in [6.45, 7) is 0. The van der Waals surface area contributed by atoms with Crippen LogP contribution in [-0.4, -0.2) is 28.3 Å². The van der Waals surface area contributed by atoms with Gasteiger partial charge in [0.15, 0.2) is 11.0 Å². The van der Waals surface area contributed by atoms with E-state index < -0.39 is 11.0 Å². The number of methoxy groups -OCH3 is 1. The van der Waals surface area contributed by atoms with Crippen LogP contribution in [0.4, 0.5) is 0 Å². The van der Waals surface area contributed by atoms with Crippen LogP contribution < -0.4 is 5.32 Å². The summed E-state index contributed by atoms with van der Waals surface area (Å²) >= 11 is 6.12. The van der Waals surface area contributed by atoms with Gasteiger partial charge in [-0.05, 0) is 66.9 Å². The molecule has 0 bridgehead atoms. The molecule has 0 saturated heterocycles. The van der Waals surface area contributed by atoms with Gasteiger partial charge >= 0.3 is 5.97 Å². The molecule has 0 amide bonds. The SMILES string of the molecule is CNC1CCc2c1cn(S(=O)c1cccc(Cl)c1)c2-c1ccc(C(=O)OC)cc1. The van der Waals surface area contributed by atoms with Gasteiger partial charge in [-0.25, -0.2) is 9.00 Å². The van der Waals surface area contributed by atoms with Gasteiger partial charge in [0.2, 0.25) is 0 Å². The fourth-order valence-corrected chi connectivity index (χ4v) is 5.34. The van der Waals surface area contributed by atoms with Crippen molar-refractivity contribution in [1.82, 2.24) is 9.29 Å². The highest BCUT2D eigenvalue weighted by molar-refractivity contribution is 7.83. The lowest BCUT2D eigenvalue weighted by atomic mass is 10.0. The molecule has 0 aliphatic heterocycles. The van der Waals surface area contributed by atoms with Gasteiger partial charge in [0.1, 0.15) is 0 Å². The molecule has 0 fully saturated rings. The third-order valence-electron chi connectivity index (χ3n) is 5.27. The number of carbonyl (C=O) groups is 1. The Morgan fingerprint density at radius 3 is 2.66 bits per heavy atom. The van der Waals surface area contributed by atoms with Gasteiger partial charge in [-0.1, -0.05) is 29.8 Å². The molecule has 0 radical (unpaired) electrons. The Balaban J connectivity index is 1.84. The number of benzene rings is 2. The van der Waals surface area contributed by atoms with Gasteiger partial charge in [0.05, 0.1) is 23.3 Å². The number of ether oxygens (including phenoxy) is 1. The van der Waals surface area contributed by atoms with E-state index in [1.54, 1.807) is 30.3 Å². The molecule has 29 heavy (non-hydrogen) atoms. The van der Waals surface area contributed by atoms with Crippen molar-refractivity contribution in [3.63, 3.8) is 0 Å². The van der Waals surface area contributed by atoms with Gasteiger partial charge in [0, 0.05) is 17.3 Å². The van der Waals surface area contributed by atoms with Gasteiger partial charge in [-0.3, -0.25) is 3.97 Å². The van der Waals surface area contributed by atoms with Crippen molar-refractivity contribution in [3.05, 3.63) is 76.4 Å². The van der Waals surface area contributed by atoms with E-state index in [2.05, 4.69) is 5.32 Å². The van der Waals surface area contributed by atoms with E-state index >= 15 is 0 Å². The van der Waals surface area contributed by atoms with Gasteiger partial charge in [0.25, 0.3) is 0 Å². The molecule has 2 aromatic carbocycles. The molecule has 3 aromatic rings. The lowest BCUT2D eigenvalue weighted by molar-refractivity contribution is 0.0600. The number of aromatic nitrogens is 1. The fourth-order valence-electron chi connectivity index (χ4n) is 3.85. The van der Waals surface area contributed by atoms with Crippen LogP contribution in [0.15, 0.2) is 59.6 Å². The van der Waals surface area contributed by atoms with Crippen molar-refractivity contribution >= 4 is 28.6 Å². The van der Waals surface area contributed by atoms with E-state index in [4.69, 9.17) is 16.3 Å². The van der Waals surface area contributed by atoms with Crippen molar-refractivity contribution in [2.75, 3.05) is 14.2 Å². The second-order valence-electron chi connectivity index (χ2n) is 6.89. The Morgan fingerprint density at radius 1 is 1.24 bits per heavy atom. The van der Waals surface area contributed by atoms with Crippen molar-refractivity contribution in [3.8, 4) is 11.3 Å². The molecule has 150 valence electrons. The van der Waals surface area contributed by atoms with Crippen LogP contribution in [0, 0.1) is 0 Å². The predicted molar refractivity (Wildman–Crippen MR) is 115 cm³/mol. The maximum absolute atomic E-state index is 13.4. The number of hydrogen-bond donors (Lipinski definition) is 1. The molecule has 0 saturated carbocycles. The quantitative estimate of drug-likeness (QED) is 0.613. The van der Waals surface area contributed by atoms with Crippen LogP contribution >= 0.6 is 11.6 Å². The molecule has 0 spiro atoms. The topological polar surface area (TPSA) is 60.3 Å². The average Bonchev–Trinajstić information content (AvgIpc) is 3.31. The lowest BCUT2D eigenvalue weighted by Crippen LogP contribution is -2.13. The first kappa shape index (κ1) is 19.9. The third kappa shape index (κ3) is 3.64. The minimum Gasteiger partial charge on any atom is -0.465 e. The fraction of sp³-hybridized carbons (Fsp3) is 0.227. The van der Waals surface area contributed by atoms with Crippen LogP contribution in [0.2, 0.25) is 5.02 Å². The second kappa shape index (κ2) is 8.14. The highest BCUT2D eigenvalue weighted by atomic mass is 35.5. The molecule has 2 atom stereocenters. The number of nitrogens with zero attached hydrogens (tertiary/aromatic N) is 1. The zero-order chi connectivity index (χ0) is 20.5. The molecule has 2 unspecified atom stereocenters. The number of carbonyl (C=O) groups excluding carboxylic acids is 1. The zero-order valence-corrected chi connectivity index (χ0v) is 17.7. The highest BCUT2D eigenvalue weighted by Gasteiger charge is 2.30. The normalized spacial score (nSPS) is 16.4. The molecule has 1 N–H and O–H groups in total. The number of hydrogen-bond acceptors (Lipinski definition) is 4. The number of rotatable bonds is 5. The second-order valence-corrected chi connectivity index (χ2v) is 8.69. The van der Waals surface area contributed by atoms with Crippen LogP contribution in [0.5, 0.6) is 0 Å². The summed E-state index contributed by atoms with van der Waals surface area (Å²) in [5.74, 6) is -0.380. The lowest BCUT2D eigenvalue weighted by Gasteiger charge is -2.12. The number of esters is 1. The molecule has 5 nitrogen and oxygen atoms in total. The number of halogens is 1. The monoisotopic (exact) mass is 428 g/mol. The van der Waals surface area contributed by atoms with E-state index in [-0.39, 0.29) is 12.0 Å². The minimum absolute atomic E-state index is 0.232. The summed E-state index contributed by atoms with van der Waals surface area (Å²) in [5, 5.41) is 3.89. The summed E-state index contributed by atoms with van der Waals surface area (Å²) in [7, 11) is 1.86. The Morgan fingerprint density at radius 2 is 2.00 bits per heavy atom. The molecule has 1 heterocycles. The summed E-state index contributed by atoms with van der Waals surface area (Å²) in [4.78, 5) is 12.4. The van der Waals surface area contributed by atoms with Crippen molar-refractivity contribution in [1.29, 1.82) is 0 Å². The van der Waals surface area contributed by atoms with Crippen molar-refractivity contribution in [2.45, 2.75) is 23.8 Å². The molecule has 4 rings (SSSR count). The minimum atomic E-state index is -1.45. The van der Waals surface area contributed by atoms with E-state index in [1.165, 1.54) is 12.7 Å². The maximum Gasteiger partial charge on any atom is 0.337 e. The number of fused-ring (bicyclic) bond motifs is 1. The van der Waals surface area contributed by atoms with Crippen molar-refractivity contribution in [2.24, 2.45) is 0 Å². The molecular formula is C22H21ClN2O3S. The van der Waals surface area contributed by atoms with Crippen molar-refractivity contribution < 1.29 is 13.7 Å². The first-order valence-electron chi connectivity index (χ1n) is 9.31. The standard InChI is InChI=1S/C22H21ClN2O3S/c1-24-20-11-10-18-19(20)13-25(29(27)17-5-3-4-16(23)12-17)21(18)14-6-8-15(9-7-14)22(26)28-2/h3-9,12-13,20,24H,10-11H2,1-2H3.